The van der Waals surface area contributed by atoms with Gasteiger partial charge < -0.3 is 20.6 Å². The summed E-state index contributed by atoms with van der Waals surface area (Å²) in [6.45, 7) is 8.43. The van der Waals surface area contributed by atoms with Crippen LogP contribution in [-0.2, 0) is 38.2 Å². The number of aryl methyl sites for hydroxylation is 1. The maximum Gasteiger partial charge on any atom is 0.278 e. The van der Waals surface area contributed by atoms with E-state index < -0.39 is 17.0 Å². The SMILES string of the molecule is CC.CC.COC.[NH3+]C(Cc1ccccc1)C(=O)NCCCS(=O)NC(C=O)CCc1ccccc1. The Labute approximate surface area is 221 Å². The molecule has 0 bridgehead atoms. The van der Waals surface area contributed by atoms with E-state index in [4.69, 9.17) is 0 Å². The van der Waals surface area contributed by atoms with Crippen molar-refractivity contribution < 1.29 is 24.3 Å². The summed E-state index contributed by atoms with van der Waals surface area (Å²) in [7, 11) is 1.94. The Balaban J connectivity index is 0. The number of aldehydes is 1. The first-order valence-electron chi connectivity index (χ1n) is 12.7. The fourth-order valence-electron chi connectivity index (χ4n) is 2.90. The molecule has 3 unspecified atom stereocenters. The Morgan fingerprint density at radius 1 is 0.972 bits per heavy atom. The van der Waals surface area contributed by atoms with Gasteiger partial charge in [0.15, 0.2) is 6.04 Å². The number of carbonyl (C=O) groups is 2. The summed E-state index contributed by atoms with van der Waals surface area (Å²) in [5, 5.41) is 2.84. The first kappa shape index (κ1) is 35.8. The Morgan fingerprint density at radius 2 is 1.47 bits per heavy atom. The maximum atomic E-state index is 12.2. The average Bonchev–Trinajstić information content (AvgIpc) is 2.92. The highest BCUT2D eigenvalue weighted by molar-refractivity contribution is 7.83. The Bertz CT molecular complexity index is 792. The van der Waals surface area contributed by atoms with E-state index in [1.54, 1.807) is 14.2 Å². The van der Waals surface area contributed by atoms with Crippen molar-refractivity contribution in [3.63, 3.8) is 0 Å². The second-order valence-electron chi connectivity index (χ2n) is 7.37. The lowest BCUT2D eigenvalue weighted by atomic mass is 10.1. The molecule has 1 amide bonds. The van der Waals surface area contributed by atoms with Gasteiger partial charge in [0.1, 0.15) is 6.29 Å². The van der Waals surface area contributed by atoms with Gasteiger partial charge in [-0.25, -0.2) is 8.93 Å². The molecule has 0 aliphatic heterocycles. The topological polar surface area (TPSA) is 112 Å². The van der Waals surface area contributed by atoms with Crippen LogP contribution in [0, 0.1) is 0 Å². The van der Waals surface area contributed by atoms with Gasteiger partial charge in [-0.1, -0.05) is 88.4 Å². The van der Waals surface area contributed by atoms with Crippen LogP contribution in [0.4, 0.5) is 0 Å². The molecular formula is C28H48N3O4S+. The van der Waals surface area contributed by atoms with Gasteiger partial charge in [-0.15, -0.1) is 0 Å². The van der Waals surface area contributed by atoms with Gasteiger partial charge in [0, 0.05) is 32.9 Å². The number of ether oxygens (including phenoxy) is 1. The number of benzene rings is 2. The molecule has 3 atom stereocenters. The molecule has 0 heterocycles. The van der Waals surface area contributed by atoms with Gasteiger partial charge >= 0.3 is 0 Å². The maximum absolute atomic E-state index is 12.2. The molecule has 5 N–H and O–H groups in total. The van der Waals surface area contributed by atoms with E-state index in [0.717, 1.165) is 23.8 Å². The number of amides is 1. The summed E-state index contributed by atoms with van der Waals surface area (Å²) in [4.78, 5) is 23.4. The molecular weight excluding hydrogens is 474 g/mol. The summed E-state index contributed by atoms with van der Waals surface area (Å²) < 4.78 is 19.3. The van der Waals surface area contributed by atoms with E-state index in [9.17, 15) is 13.8 Å². The number of carbonyl (C=O) groups excluding carboxylic acids is 2. The van der Waals surface area contributed by atoms with E-state index in [-0.39, 0.29) is 11.9 Å². The lowest BCUT2D eigenvalue weighted by Gasteiger charge is -2.13. The van der Waals surface area contributed by atoms with Crippen LogP contribution in [0.5, 0.6) is 0 Å². The summed E-state index contributed by atoms with van der Waals surface area (Å²) in [6, 6.07) is 18.8. The second-order valence-corrected chi connectivity index (χ2v) is 8.71. The molecule has 7 nitrogen and oxygen atoms in total. The molecule has 0 aliphatic rings. The minimum Gasteiger partial charge on any atom is -0.388 e. The summed E-state index contributed by atoms with van der Waals surface area (Å²) in [5.41, 5.74) is 6.14. The molecule has 0 aromatic heterocycles. The van der Waals surface area contributed by atoms with Crippen molar-refractivity contribution in [3.05, 3.63) is 71.8 Å². The van der Waals surface area contributed by atoms with Crippen LogP contribution >= 0.6 is 0 Å². The van der Waals surface area contributed by atoms with Crippen molar-refractivity contribution in [3.8, 4) is 0 Å². The third kappa shape index (κ3) is 18.9. The van der Waals surface area contributed by atoms with Crippen molar-refractivity contribution in [1.82, 2.24) is 10.0 Å². The zero-order chi connectivity index (χ0) is 27.6. The standard InChI is InChI=1S/C22H29N3O3S.C2H6O.2C2H6/c23-21(16-19-10-5-2-6-11-19)22(27)24-14-7-15-29(28)25-20(17-26)13-12-18-8-3-1-4-9-18;1-3-2;2*1-2/h1-6,8-11,17,20-21,25H,7,12-16,23H2,(H,24,27);1-2H3;2*1-2H3/p+1. The predicted octanol–water partition coefficient (Wildman–Crippen LogP) is 3.11. The molecule has 0 radical (unpaired) electrons. The van der Waals surface area contributed by atoms with E-state index in [2.05, 4.69) is 20.5 Å². The van der Waals surface area contributed by atoms with E-state index in [1.165, 1.54) is 0 Å². The highest BCUT2D eigenvalue weighted by Gasteiger charge is 2.17. The zero-order valence-corrected chi connectivity index (χ0v) is 23.8. The zero-order valence-electron chi connectivity index (χ0n) is 23.0. The number of methoxy groups -OCH3 is 1. The van der Waals surface area contributed by atoms with Crippen LogP contribution in [0.25, 0.3) is 0 Å². The molecule has 204 valence electrons. The fraction of sp³-hybridized carbons (Fsp3) is 0.500. The first-order valence-corrected chi connectivity index (χ1v) is 14.0. The Hall–Kier alpha value is -2.39. The molecule has 2 aromatic rings. The fourth-order valence-corrected chi connectivity index (χ4v) is 3.94. The molecule has 8 heteroatoms. The van der Waals surface area contributed by atoms with Crippen molar-refractivity contribution in [2.24, 2.45) is 0 Å². The van der Waals surface area contributed by atoms with Gasteiger partial charge in [0.2, 0.25) is 0 Å². The Kier molecular flexibility index (Phi) is 25.5. The molecule has 0 fully saturated rings. The van der Waals surface area contributed by atoms with Crippen LogP contribution in [0.1, 0.15) is 51.7 Å². The molecule has 0 aliphatic carbocycles. The highest BCUT2D eigenvalue weighted by atomic mass is 32.2. The van der Waals surface area contributed by atoms with Gasteiger partial charge in [-0.2, -0.15) is 0 Å². The third-order valence-electron chi connectivity index (χ3n) is 4.54. The van der Waals surface area contributed by atoms with E-state index >= 15 is 0 Å². The van der Waals surface area contributed by atoms with Crippen LogP contribution in [0.15, 0.2) is 60.7 Å². The smallest absolute Gasteiger partial charge is 0.278 e. The monoisotopic (exact) mass is 522 g/mol. The van der Waals surface area contributed by atoms with Gasteiger partial charge in [0.05, 0.1) is 17.0 Å². The summed E-state index contributed by atoms with van der Waals surface area (Å²) in [6.07, 6.45) is 3.30. The Morgan fingerprint density at radius 3 is 1.97 bits per heavy atom. The molecule has 0 saturated heterocycles. The van der Waals surface area contributed by atoms with Gasteiger partial charge in [-0.05, 0) is 30.4 Å². The predicted molar refractivity (Wildman–Crippen MR) is 151 cm³/mol. The van der Waals surface area contributed by atoms with Gasteiger partial charge in [-0.3, -0.25) is 4.79 Å². The molecule has 0 spiro atoms. The molecule has 0 saturated carbocycles. The minimum atomic E-state index is -1.31. The van der Waals surface area contributed by atoms with Crippen molar-refractivity contribution in [2.45, 2.75) is 65.5 Å². The second kappa shape index (κ2) is 25.7. The summed E-state index contributed by atoms with van der Waals surface area (Å²) >= 11 is 0. The summed E-state index contributed by atoms with van der Waals surface area (Å²) in [5.74, 6) is 0.262. The molecule has 2 rings (SSSR count). The quantitative estimate of drug-likeness (QED) is 0.277. The average molecular weight is 523 g/mol. The van der Waals surface area contributed by atoms with Crippen LogP contribution < -0.4 is 15.8 Å². The lowest BCUT2D eigenvalue weighted by molar-refractivity contribution is -0.403. The third-order valence-corrected chi connectivity index (χ3v) is 5.76. The number of nitrogens with one attached hydrogen (secondary N) is 2. The highest BCUT2D eigenvalue weighted by Crippen LogP contribution is 2.05. The number of hydrogen-bond donors (Lipinski definition) is 3. The van der Waals surface area contributed by atoms with E-state index in [1.807, 2.05) is 88.4 Å². The van der Waals surface area contributed by atoms with Crippen molar-refractivity contribution >= 4 is 23.2 Å². The van der Waals surface area contributed by atoms with Crippen LogP contribution in [0.2, 0.25) is 0 Å². The number of quaternary nitrogens is 1. The first-order chi connectivity index (χ1) is 17.5. The van der Waals surface area contributed by atoms with Crippen LogP contribution in [-0.4, -0.2) is 55.0 Å². The largest absolute Gasteiger partial charge is 0.388 e. The van der Waals surface area contributed by atoms with Crippen molar-refractivity contribution in [2.75, 3.05) is 26.5 Å². The van der Waals surface area contributed by atoms with Crippen molar-refractivity contribution in [1.29, 1.82) is 0 Å². The molecule has 36 heavy (non-hydrogen) atoms. The van der Waals surface area contributed by atoms with E-state index in [0.29, 0.717) is 31.6 Å². The lowest BCUT2D eigenvalue weighted by Crippen LogP contribution is -2.68. The number of rotatable bonds is 13. The van der Waals surface area contributed by atoms with Crippen LogP contribution in [0.3, 0.4) is 0 Å². The van der Waals surface area contributed by atoms with Gasteiger partial charge in [0.25, 0.3) is 5.91 Å². The number of hydrogen-bond acceptors (Lipinski definition) is 4. The normalized spacial score (nSPS) is 12.1. The minimum absolute atomic E-state index is 0.110. The molecule has 2 aromatic carbocycles.